The van der Waals surface area contributed by atoms with Gasteiger partial charge in [-0.2, -0.15) is 13.2 Å². The van der Waals surface area contributed by atoms with E-state index < -0.39 is 27.7 Å². The zero-order chi connectivity index (χ0) is 26.6. The topological polar surface area (TPSA) is 89.3 Å². The van der Waals surface area contributed by atoms with Crippen molar-refractivity contribution in [3.8, 4) is 0 Å². The van der Waals surface area contributed by atoms with Gasteiger partial charge in [-0.05, 0) is 53.8 Å². The summed E-state index contributed by atoms with van der Waals surface area (Å²) in [5, 5.41) is 11.0. The molecule has 0 fully saturated rings. The lowest BCUT2D eigenvalue weighted by atomic mass is 9.87. The Morgan fingerprint density at radius 3 is 2.36 bits per heavy atom. The van der Waals surface area contributed by atoms with Gasteiger partial charge < -0.3 is 5.11 Å². The summed E-state index contributed by atoms with van der Waals surface area (Å²) in [6.45, 7) is 7.39. The molecule has 0 aliphatic carbocycles. The highest BCUT2D eigenvalue weighted by Gasteiger charge is 2.33. The van der Waals surface area contributed by atoms with Gasteiger partial charge in [0.25, 0.3) is 10.0 Å². The molecule has 1 N–H and O–H groups in total. The highest BCUT2D eigenvalue weighted by molar-refractivity contribution is 7.90. The highest BCUT2D eigenvalue weighted by atomic mass is 32.2. The molecule has 4 rings (SSSR count). The number of fused-ring (bicyclic) bond motifs is 1. The average Bonchev–Trinajstić information content (AvgIpc) is 3.36. The Bertz CT molecular complexity index is 1590. The minimum Gasteiger partial charge on any atom is -0.476 e. The summed E-state index contributed by atoms with van der Waals surface area (Å²) in [5.74, 6) is -1.23. The van der Waals surface area contributed by atoms with Crippen LogP contribution in [0.2, 0.25) is 0 Å². The maximum absolute atomic E-state index is 14.0. The molecule has 2 aromatic carbocycles. The summed E-state index contributed by atoms with van der Waals surface area (Å²) < 4.78 is 69.3. The standard InChI is InChI=1S/C25H23F3N2O4S2/c1-14-18-11-16(25(26,27)28)8-9-20(18)30(21(14)12-22-29-19(13-35-22)23(31)32)36(33,34)17-7-5-6-15(10-17)24(2,3)4/h5-11,13H,12H2,1-4H3,(H,31,32). The van der Waals surface area contributed by atoms with Crippen molar-refractivity contribution in [1.82, 2.24) is 8.96 Å². The Morgan fingerprint density at radius 1 is 1.08 bits per heavy atom. The van der Waals surface area contributed by atoms with Crippen LogP contribution < -0.4 is 0 Å². The van der Waals surface area contributed by atoms with E-state index in [4.69, 9.17) is 0 Å². The molecule has 11 heteroatoms. The molecule has 0 bridgehead atoms. The molecule has 0 amide bonds. The van der Waals surface area contributed by atoms with Crippen LogP contribution in [-0.2, 0) is 28.0 Å². The third-order valence-corrected chi connectivity index (χ3v) is 8.55. The third-order valence-electron chi connectivity index (χ3n) is 5.95. The number of hydrogen-bond donors (Lipinski definition) is 1. The summed E-state index contributed by atoms with van der Waals surface area (Å²) in [5.41, 5.74) is 0.0382. The third kappa shape index (κ3) is 4.64. The summed E-state index contributed by atoms with van der Waals surface area (Å²) in [4.78, 5) is 15.3. The van der Waals surface area contributed by atoms with Gasteiger partial charge in [-0.25, -0.2) is 22.2 Å². The Kier molecular flexibility index (Phi) is 6.28. The van der Waals surface area contributed by atoms with Crippen molar-refractivity contribution < 1.29 is 31.5 Å². The molecule has 0 aliphatic heterocycles. The number of thiazole rings is 1. The van der Waals surface area contributed by atoms with E-state index in [0.29, 0.717) is 10.6 Å². The first-order chi connectivity index (χ1) is 16.6. The predicted octanol–water partition coefficient (Wildman–Crippen LogP) is 6.25. The smallest absolute Gasteiger partial charge is 0.416 e. The van der Waals surface area contributed by atoms with Gasteiger partial charge in [0.2, 0.25) is 0 Å². The van der Waals surface area contributed by atoms with Gasteiger partial charge in [0, 0.05) is 22.9 Å². The van der Waals surface area contributed by atoms with Crippen LogP contribution in [-0.4, -0.2) is 28.5 Å². The minimum absolute atomic E-state index is 0.00154. The van der Waals surface area contributed by atoms with E-state index in [2.05, 4.69) is 4.98 Å². The fourth-order valence-electron chi connectivity index (χ4n) is 3.98. The summed E-state index contributed by atoms with van der Waals surface area (Å²) in [6.07, 6.45) is -4.67. The van der Waals surface area contributed by atoms with E-state index in [9.17, 15) is 31.5 Å². The molecular weight excluding hydrogens is 513 g/mol. The predicted molar refractivity (Wildman–Crippen MR) is 131 cm³/mol. The number of hydrogen-bond acceptors (Lipinski definition) is 5. The van der Waals surface area contributed by atoms with Gasteiger partial charge in [-0.15, -0.1) is 11.3 Å². The molecule has 190 valence electrons. The van der Waals surface area contributed by atoms with Crippen LogP contribution in [0, 0.1) is 6.92 Å². The summed E-state index contributed by atoms with van der Waals surface area (Å²) in [7, 11) is -4.24. The van der Waals surface area contributed by atoms with Gasteiger partial charge in [-0.1, -0.05) is 32.9 Å². The van der Waals surface area contributed by atoms with Gasteiger partial charge in [0.1, 0.15) is 0 Å². The van der Waals surface area contributed by atoms with E-state index in [1.54, 1.807) is 19.1 Å². The van der Waals surface area contributed by atoms with Crippen molar-refractivity contribution >= 4 is 38.2 Å². The van der Waals surface area contributed by atoms with Crippen molar-refractivity contribution in [3.05, 3.63) is 80.9 Å². The molecule has 0 radical (unpaired) electrons. The maximum Gasteiger partial charge on any atom is 0.416 e. The van der Waals surface area contributed by atoms with E-state index >= 15 is 0 Å². The lowest BCUT2D eigenvalue weighted by Crippen LogP contribution is -2.18. The van der Waals surface area contributed by atoms with Crippen molar-refractivity contribution in [2.24, 2.45) is 0 Å². The number of rotatable bonds is 5. The molecule has 4 aromatic rings. The molecule has 0 saturated carbocycles. The largest absolute Gasteiger partial charge is 0.476 e. The fraction of sp³-hybridized carbons (Fsp3) is 0.280. The second-order valence-electron chi connectivity index (χ2n) is 9.46. The zero-order valence-corrected chi connectivity index (χ0v) is 21.5. The Morgan fingerprint density at radius 2 is 1.78 bits per heavy atom. The SMILES string of the molecule is Cc1c(Cc2nc(C(=O)O)cs2)n(S(=O)(=O)c2cccc(C(C)(C)C)c2)c2ccc(C(F)(F)F)cc12. The second kappa shape index (κ2) is 8.74. The molecule has 0 unspecified atom stereocenters. The molecule has 2 heterocycles. The first kappa shape index (κ1) is 25.9. The van der Waals surface area contributed by atoms with Crippen molar-refractivity contribution in [2.75, 3.05) is 0 Å². The van der Waals surface area contributed by atoms with Gasteiger partial charge in [0.15, 0.2) is 5.69 Å². The fourth-order valence-corrected chi connectivity index (χ4v) is 6.40. The minimum atomic E-state index is -4.60. The number of aromatic carboxylic acids is 1. The van der Waals surface area contributed by atoms with E-state index in [1.165, 1.54) is 11.4 Å². The van der Waals surface area contributed by atoms with Crippen molar-refractivity contribution in [2.45, 2.75) is 50.6 Å². The number of carbonyl (C=O) groups is 1. The Hall–Kier alpha value is -3.18. The monoisotopic (exact) mass is 536 g/mol. The van der Waals surface area contributed by atoms with Gasteiger partial charge in [-0.3, -0.25) is 0 Å². The average molecular weight is 537 g/mol. The molecule has 0 aliphatic rings. The van der Waals surface area contributed by atoms with Crippen LogP contribution >= 0.6 is 11.3 Å². The number of alkyl halides is 3. The molecule has 0 spiro atoms. The lowest BCUT2D eigenvalue weighted by molar-refractivity contribution is -0.137. The van der Waals surface area contributed by atoms with E-state index in [0.717, 1.165) is 39.1 Å². The first-order valence-electron chi connectivity index (χ1n) is 10.9. The van der Waals surface area contributed by atoms with E-state index in [-0.39, 0.29) is 39.0 Å². The van der Waals surface area contributed by atoms with Crippen LogP contribution in [0.3, 0.4) is 0 Å². The maximum atomic E-state index is 14.0. The second-order valence-corrected chi connectivity index (χ2v) is 12.2. The molecule has 2 aromatic heterocycles. The highest BCUT2D eigenvalue weighted by Crippen LogP contribution is 2.37. The lowest BCUT2D eigenvalue weighted by Gasteiger charge is -2.20. The van der Waals surface area contributed by atoms with Gasteiger partial charge in [0.05, 0.1) is 21.0 Å². The molecule has 6 nitrogen and oxygen atoms in total. The number of halogens is 3. The molecular formula is C25H23F3N2O4S2. The molecule has 0 atom stereocenters. The van der Waals surface area contributed by atoms with Crippen LogP contribution in [0.15, 0.2) is 52.7 Å². The summed E-state index contributed by atoms with van der Waals surface area (Å²) >= 11 is 1.04. The number of aryl methyl sites for hydroxylation is 1. The molecule has 0 saturated heterocycles. The van der Waals surface area contributed by atoms with Crippen molar-refractivity contribution in [1.29, 1.82) is 0 Å². The van der Waals surface area contributed by atoms with Gasteiger partial charge >= 0.3 is 12.1 Å². The van der Waals surface area contributed by atoms with Crippen LogP contribution in [0.5, 0.6) is 0 Å². The zero-order valence-electron chi connectivity index (χ0n) is 19.8. The molecule has 36 heavy (non-hydrogen) atoms. The Balaban J connectivity index is 1.99. The van der Waals surface area contributed by atoms with Crippen LogP contribution in [0.25, 0.3) is 10.9 Å². The van der Waals surface area contributed by atoms with E-state index in [1.807, 2.05) is 26.8 Å². The van der Waals surface area contributed by atoms with Crippen molar-refractivity contribution in [3.63, 3.8) is 0 Å². The Labute approximate surface area is 210 Å². The number of carboxylic acid groups (broad SMARTS) is 1. The normalized spacial score (nSPS) is 12.9. The first-order valence-corrected chi connectivity index (χ1v) is 13.2. The van der Waals surface area contributed by atoms with Crippen LogP contribution in [0.1, 0.15) is 58.7 Å². The van der Waals surface area contributed by atoms with Crippen LogP contribution in [0.4, 0.5) is 13.2 Å². The summed E-state index contributed by atoms with van der Waals surface area (Å²) in [6, 6.07) is 9.42. The quantitative estimate of drug-likeness (QED) is 0.326. The number of carboxylic acids is 1. The number of benzene rings is 2. The number of aromatic nitrogens is 2. The number of nitrogens with zero attached hydrogens (tertiary/aromatic N) is 2.